The molecule has 22 heavy (non-hydrogen) atoms. The number of benzene rings is 1. The Bertz CT molecular complexity index is 678. The zero-order valence-electron chi connectivity index (χ0n) is 12.8. The summed E-state index contributed by atoms with van der Waals surface area (Å²) < 4.78 is 0. The van der Waals surface area contributed by atoms with Crippen molar-refractivity contribution in [3.05, 3.63) is 41.0 Å². The number of pyridine rings is 1. The minimum Gasteiger partial charge on any atom is -0.352 e. The van der Waals surface area contributed by atoms with Crippen molar-refractivity contribution in [2.75, 3.05) is 6.54 Å². The predicted octanol–water partition coefficient (Wildman–Crippen LogP) is 4.44. The molecule has 1 aromatic carbocycles. The molecule has 1 aliphatic carbocycles. The molecule has 0 bridgehead atoms. The molecule has 0 saturated heterocycles. The topological polar surface area (TPSA) is 42.0 Å². The number of halogens is 1. The van der Waals surface area contributed by atoms with Gasteiger partial charge in [-0.2, -0.15) is 0 Å². The molecule has 1 saturated carbocycles. The number of rotatable bonds is 3. The molecule has 3 rings (SSSR count). The van der Waals surface area contributed by atoms with Crippen LogP contribution in [0.15, 0.2) is 30.3 Å². The average molecular weight is 317 g/mol. The van der Waals surface area contributed by atoms with Crippen molar-refractivity contribution in [1.29, 1.82) is 0 Å². The van der Waals surface area contributed by atoms with Gasteiger partial charge in [0.1, 0.15) is 5.15 Å². The fourth-order valence-corrected chi connectivity index (χ4v) is 3.40. The minimum atomic E-state index is -0.0564. The quantitative estimate of drug-likeness (QED) is 0.850. The van der Waals surface area contributed by atoms with E-state index in [9.17, 15) is 4.79 Å². The summed E-state index contributed by atoms with van der Waals surface area (Å²) in [7, 11) is 0. The largest absolute Gasteiger partial charge is 0.352 e. The molecule has 1 aliphatic rings. The molecule has 1 fully saturated rings. The first-order valence-electron chi connectivity index (χ1n) is 7.97. The first kappa shape index (κ1) is 15.3. The van der Waals surface area contributed by atoms with Gasteiger partial charge in [-0.25, -0.2) is 4.98 Å². The first-order valence-corrected chi connectivity index (χ1v) is 8.35. The molecule has 1 aromatic heterocycles. The zero-order chi connectivity index (χ0) is 15.5. The number of amides is 1. The Morgan fingerprint density at radius 2 is 2.00 bits per heavy atom. The highest BCUT2D eigenvalue weighted by molar-refractivity contribution is 6.30. The molecule has 3 nitrogen and oxygen atoms in total. The molecule has 116 valence electrons. The monoisotopic (exact) mass is 316 g/mol. The Hall–Kier alpha value is -1.61. The van der Waals surface area contributed by atoms with E-state index in [4.69, 9.17) is 11.6 Å². The van der Waals surface area contributed by atoms with Gasteiger partial charge in [0, 0.05) is 11.9 Å². The van der Waals surface area contributed by atoms with Gasteiger partial charge in [-0.3, -0.25) is 4.79 Å². The second-order valence-electron chi connectivity index (χ2n) is 6.35. The Morgan fingerprint density at radius 3 is 2.77 bits per heavy atom. The van der Waals surface area contributed by atoms with Crippen LogP contribution in [0.1, 0.15) is 43.0 Å². The summed E-state index contributed by atoms with van der Waals surface area (Å²) in [5, 5.41) is 4.28. The molecule has 0 aliphatic heterocycles. The van der Waals surface area contributed by atoms with Crippen molar-refractivity contribution in [3.63, 3.8) is 0 Å². The molecular formula is C18H21ClN2O. The second-order valence-corrected chi connectivity index (χ2v) is 6.73. The highest BCUT2D eigenvalue weighted by Crippen LogP contribution is 2.28. The molecule has 2 aromatic rings. The van der Waals surface area contributed by atoms with E-state index in [1.165, 1.54) is 25.7 Å². The lowest BCUT2D eigenvalue weighted by Crippen LogP contribution is -2.31. The maximum Gasteiger partial charge on any atom is 0.252 e. The number of hydrogen-bond donors (Lipinski definition) is 1. The average Bonchev–Trinajstić information content (AvgIpc) is 2.53. The predicted molar refractivity (Wildman–Crippen MR) is 90.2 cm³/mol. The lowest BCUT2D eigenvalue weighted by atomic mass is 9.83. The Balaban J connectivity index is 1.72. The summed E-state index contributed by atoms with van der Waals surface area (Å²) in [5.41, 5.74) is 1.37. The van der Waals surface area contributed by atoms with Crippen LogP contribution in [0.5, 0.6) is 0 Å². The number of carbonyl (C=O) groups excluding carboxylic acids is 1. The summed E-state index contributed by atoms with van der Waals surface area (Å²) in [6.07, 6.45) is 4.95. The second kappa shape index (κ2) is 6.66. The third-order valence-corrected chi connectivity index (χ3v) is 4.81. The molecule has 4 heteroatoms. The molecule has 0 radical (unpaired) electrons. The van der Waals surface area contributed by atoms with Gasteiger partial charge < -0.3 is 5.32 Å². The van der Waals surface area contributed by atoms with Gasteiger partial charge in [0.15, 0.2) is 0 Å². The summed E-state index contributed by atoms with van der Waals surface area (Å²) in [4.78, 5) is 16.8. The fourth-order valence-electron chi connectivity index (χ4n) is 3.20. The molecule has 0 unspecified atom stereocenters. The Labute approximate surface area is 136 Å². The fraction of sp³-hybridized carbons (Fsp3) is 0.444. The van der Waals surface area contributed by atoms with E-state index >= 15 is 0 Å². The van der Waals surface area contributed by atoms with Gasteiger partial charge >= 0.3 is 0 Å². The van der Waals surface area contributed by atoms with Crippen molar-refractivity contribution in [1.82, 2.24) is 10.3 Å². The van der Waals surface area contributed by atoms with Crippen LogP contribution in [0, 0.1) is 11.8 Å². The van der Waals surface area contributed by atoms with Gasteiger partial charge in [0.2, 0.25) is 0 Å². The van der Waals surface area contributed by atoms with E-state index in [0.29, 0.717) is 16.6 Å². The van der Waals surface area contributed by atoms with Gasteiger partial charge in [-0.15, -0.1) is 0 Å². The molecular weight excluding hydrogens is 296 g/mol. The maximum absolute atomic E-state index is 12.5. The zero-order valence-corrected chi connectivity index (χ0v) is 13.6. The van der Waals surface area contributed by atoms with E-state index in [1.54, 1.807) is 6.07 Å². The van der Waals surface area contributed by atoms with Gasteiger partial charge in [-0.1, -0.05) is 49.6 Å². The van der Waals surface area contributed by atoms with Crippen LogP contribution < -0.4 is 5.32 Å². The highest BCUT2D eigenvalue weighted by atomic mass is 35.5. The van der Waals surface area contributed by atoms with Crippen LogP contribution in [0.2, 0.25) is 5.15 Å². The molecule has 0 atom stereocenters. The van der Waals surface area contributed by atoms with E-state index in [1.807, 2.05) is 24.3 Å². The Morgan fingerprint density at radius 1 is 1.27 bits per heavy atom. The van der Waals surface area contributed by atoms with Crippen molar-refractivity contribution in [2.24, 2.45) is 11.8 Å². The van der Waals surface area contributed by atoms with Crippen LogP contribution in [-0.2, 0) is 0 Å². The van der Waals surface area contributed by atoms with E-state index in [-0.39, 0.29) is 5.91 Å². The van der Waals surface area contributed by atoms with Crippen molar-refractivity contribution in [3.8, 4) is 0 Å². The molecule has 0 spiro atoms. The highest BCUT2D eigenvalue weighted by Gasteiger charge is 2.19. The van der Waals surface area contributed by atoms with Gasteiger partial charge in [0.25, 0.3) is 5.91 Å². The number of para-hydroxylation sites is 1. The summed E-state index contributed by atoms with van der Waals surface area (Å²) in [6, 6.07) is 9.26. The lowest BCUT2D eigenvalue weighted by molar-refractivity contribution is 0.0943. The van der Waals surface area contributed by atoms with Crippen LogP contribution >= 0.6 is 11.6 Å². The summed E-state index contributed by atoms with van der Waals surface area (Å²) in [6.45, 7) is 3.06. The number of fused-ring (bicyclic) bond motifs is 1. The molecule has 1 amide bonds. The SMILES string of the molecule is CC1CCC(CNC(=O)c2cc(Cl)nc3ccccc23)CC1. The molecule has 1 heterocycles. The first-order chi connectivity index (χ1) is 10.6. The minimum absolute atomic E-state index is 0.0564. The number of nitrogens with zero attached hydrogens (tertiary/aromatic N) is 1. The third kappa shape index (κ3) is 3.41. The molecule has 1 N–H and O–H groups in total. The number of carbonyl (C=O) groups is 1. The van der Waals surface area contributed by atoms with Crippen LogP contribution in [-0.4, -0.2) is 17.4 Å². The van der Waals surface area contributed by atoms with E-state index in [2.05, 4.69) is 17.2 Å². The summed E-state index contributed by atoms with van der Waals surface area (Å²) >= 11 is 6.04. The number of hydrogen-bond acceptors (Lipinski definition) is 2. The van der Waals surface area contributed by atoms with E-state index < -0.39 is 0 Å². The normalized spacial score (nSPS) is 21.7. The van der Waals surface area contributed by atoms with Crippen molar-refractivity contribution < 1.29 is 4.79 Å². The standard InChI is InChI=1S/C18H21ClN2O/c1-12-6-8-13(9-7-12)11-20-18(22)15-10-17(19)21-16-5-3-2-4-14(15)16/h2-5,10,12-13H,6-9,11H2,1H3,(H,20,22). The van der Waals surface area contributed by atoms with E-state index in [0.717, 1.165) is 23.4 Å². The van der Waals surface area contributed by atoms with Gasteiger partial charge in [0.05, 0.1) is 11.1 Å². The Kier molecular flexibility index (Phi) is 4.63. The van der Waals surface area contributed by atoms with Gasteiger partial charge in [-0.05, 0) is 36.8 Å². The van der Waals surface area contributed by atoms with Crippen LogP contribution in [0.4, 0.5) is 0 Å². The summed E-state index contributed by atoms with van der Waals surface area (Å²) in [5.74, 6) is 1.37. The lowest BCUT2D eigenvalue weighted by Gasteiger charge is -2.26. The van der Waals surface area contributed by atoms with Crippen LogP contribution in [0.3, 0.4) is 0 Å². The maximum atomic E-state index is 12.5. The number of aromatic nitrogens is 1. The number of nitrogens with one attached hydrogen (secondary N) is 1. The van der Waals surface area contributed by atoms with Crippen molar-refractivity contribution >= 4 is 28.4 Å². The third-order valence-electron chi connectivity index (χ3n) is 4.62. The smallest absolute Gasteiger partial charge is 0.252 e. The van der Waals surface area contributed by atoms with Crippen molar-refractivity contribution in [2.45, 2.75) is 32.6 Å². The van der Waals surface area contributed by atoms with Crippen LogP contribution in [0.25, 0.3) is 10.9 Å².